The summed E-state index contributed by atoms with van der Waals surface area (Å²) in [4.78, 5) is 4.38. The van der Waals surface area contributed by atoms with Gasteiger partial charge in [0.25, 0.3) is 0 Å². The van der Waals surface area contributed by atoms with Crippen molar-refractivity contribution < 1.29 is 4.52 Å². The Kier molecular flexibility index (Phi) is 5.46. The van der Waals surface area contributed by atoms with Crippen molar-refractivity contribution in [2.45, 2.75) is 53.0 Å². The molecule has 0 aliphatic heterocycles. The third kappa shape index (κ3) is 4.75. The summed E-state index contributed by atoms with van der Waals surface area (Å²) in [6, 6.07) is 0.396. The summed E-state index contributed by atoms with van der Waals surface area (Å²) >= 11 is 0. The van der Waals surface area contributed by atoms with Crippen molar-refractivity contribution in [2.24, 2.45) is 5.92 Å². The van der Waals surface area contributed by atoms with E-state index in [-0.39, 0.29) is 0 Å². The third-order valence-corrected chi connectivity index (χ3v) is 2.32. The first-order valence-corrected chi connectivity index (χ1v) is 6.16. The van der Waals surface area contributed by atoms with Gasteiger partial charge in [-0.3, -0.25) is 0 Å². The maximum Gasteiger partial charge on any atom is 0.228 e. The highest BCUT2D eigenvalue weighted by Crippen LogP contribution is 2.06. The van der Waals surface area contributed by atoms with E-state index in [4.69, 9.17) is 4.52 Å². The van der Waals surface area contributed by atoms with Gasteiger partial charge in [0.1, 0.15) is 0 Å². The van der Waals surface area contributed by atoms with Crippen molar-refractivity contribution in [3.8, 4) is 0 Å². The highest BCUT2D eigenvalue weighted by Gasteiger charge is 2.10. The van der Waals surface area contributed by atoms with E-state index in [1.807, 2.05) is 0 Å². The molecule has 1 rings (SSSR count). The quantitative estimate of drug-likeness (QED) is 0.773. The van der Waals surface area contributed by atoms with Crippen molar-refractivity contribution in [3.63, 3.8) is 0 Å². The third-order valence-electron chi connectivity index (χ3n) is 2.32. The summed E-state index contributed by atoms with van der Waals surface area (Å²) in [5.41, 5.74) is 0. The van der Waals surface area contributed by atoms with Crippen LogP contribution in [0.25, 0.3) is 0 Å². The lowest BCUT2D eigenvalue weighted by Gasteiger charge is -2.09. The van der Waals surface area contributed by atoms with Crippen molar-refractivity contribution in [1.82, 2.24) is 15.5 Å². The van der Waals surface area contributed by atoms with Gasteiger partial charge < -0.3 is 9.84 Å². The van der Waals surface area contributed by atoms with Gasteiger partial charge in [0.05, 0.1) is 0 Å². The molecule has 0 saturated heterocycles. The SMILES string of the molecule is CCCNC(C)Cc1nc(CC(C)C)no1. The Bertz CT molecular complexity index is 296. The van der Waals surface area contributed by atoms with E-state index in [1.54, 1.807) is 0 Å². The van der Waals surface area contributed by atoms with Crippen LogP contribution in [0.15, 0.2) is 4.52 Å². The molecular formula is C12H23N3O. The molecule has 0 aliphatic carbocycles. The number of hydrogen-bond donors (Lipinski definition) is 1. The highest BCUT2D eigenvalue weighted by molar-refractivity contribution is 4.89. The summed E-state index contributed by atoms with van der Waals surface area (Å²) in [6.45, 7) is 9.65. The molecule has 0 aromatic carbocycles. The summed E-state index contributed by atoms with van der Waals surface area (Å²) in [5, 5.41) is 7.38. The molecule has 4 nitrogen and oxygen atoms in total. The standard InChI is InChI=1S/C12H23N3O/c1-5-6-13-10(4)8-12-14-11(15-16-12)7-9(2)3/h9-10,13H,5-8H2,1-4H3. The molecule has 0 spiro atoms. The van der Waals surface area contributed by atoms with Crippen LogP contribution in [-0.2, 0) is 12.8 Å². The number of nitrogens with one attached hydrogen (secondary N) is 1. The van der Waals surface area contributed by atoms with Crippen LogP contribution < -0.4 is 5.32 Å². The number of nitrogens with zero attached hydrogens (tertiary/aromatic N) is 2. The summed E-state index contributed by atoms with van der Waals surface area (Å²) in [7, 11) is 0. The molecule has 4 heteroatoms. The van der Waals surface area contributed by atoms with Gasteiger partial charge >= 0.3 is 0 Å². The predicted octanol–water partition coefficient (Wildman–Crippen LogP) is 2.20. The summed E-state index contributed by atoms with van der Waals surface area (Å²) in [5.74, 6) is 2.14. The molecule has 0 amide bonds. The minimum absolute atomic E-state index is 0.396. The van der Waals surface area contributed by atoms with Crippen LogP contribution in [0, 0.1) is 5.92 Å². The smallest absolute Gasteiger partial charge is 0.228 e. The molecule has 1 aromatic heterocycles. The molecule has 92 valence electrons. The van der Waals surface area contributed by atoms with Gasteiger partial charge in [-0.2, -0.15) is 4.98 Å². The molecule has 1 N–H and O–H groups in total. The first-order valence-electron chi connectivity index (χ1n) is 6.16. The molecule has 0 aliphatic rings. The van der Waals surface area contributed by atoms with E-state index < -0.39 is 0 Å². The average molecular weight is 225 g/mol. The lowest BCUT2D eigenvalue weighted by atomic mass is 10.1. The van der Waals surface area contributed by atoms with Crippen molar-refractivity contribution in [2.75, 3.05) is 6.54 Å². The lowest BCUT2D eigenvalue weighted by molar-refractivity contribution is 0.356. The average Bonchev–Trinajstić information content (AvgIpc) is 2.61. The summed E-state index contributed by atoms with van der Waals surface area (Å²) < 4.78 is 5.22. The molecular weight excluding hydrogens is 202 g/mol. The summed E-state index contributed by atoms with van der Waals surface area (Å²) in [6.07, 6.45) is 2.85. The fraction of sp³-hybridized carbons (Fsp3) is 0.833. The van der Waals surface area contributed by atoms with Gasteiger partial charge in [0.2, 0.25) is 5.89 Å². The van der Waals surface area contributed by atoms with Gasteiger partial charge in [-0.05, 0) is 25.8 Å². The van der Waals surface area contributed by atoms with Gasteiger partial charge in [0.15, 0.2) is 5.82 Å². The zero-order chi connectivity index (χ0) is 12.0. The minimum atomic E-state index is 0.396. The first-order chi connectivity index (χ1) is 7.61. The van der Waals surface area contributed by atoms with Crippen molar-refractivity contribution in [3.05, 3.63) is 11.7 Å². The molecule has 1 aromatic rings. The Morgan fingerprint density at radius 1 is 1.25 bits per heavy atom. The Labute approximate surface area is 97.8 Å². The lowest BCUT2D eigenvalue weighted by Crippen LogP contribution is -2.28. The number of aromatic nitrogens is 2. The largest absolute Gasteiger partial charge is 0.339 e. The van der Waals surface area contributed by atoms with E-state index in [0.717, 1.165) is 37.5 Å². The van der Waals surface area contributed by atoms with E-state index >= 15 is 0 Å². The first kappa shape index (κ1) is 13.2. The number of hydrogen-bond acceptors (Lipinski definition) is 4. The van der Waals surface area contributed by atoms with Crippen LogP contribution in [-0.4, -0.2) is 22.7 Å². The highest BCUT2D eigenvalue weighted by atomic mass is 16.5. The van der Waals surface area contributed by atoms with E-state index in [1.165, 1.54) is 0 Å². The molecule has 0 bridgehead atoms. The van der Waals surface area contributed by atoms with Gasteiger partial charge in [-0.25, -0.2) is 0 Å². The monoisotopic (exact) mass is 225 g/mol. The van der Waals surface area contributed by atoms with Gasteiger partial charge in [0, 0.05) is 18.9 Å². The zero-order valence-corrected chi connectivity index (χ0v) is 10.8. The van der Waals surface area contributed by atoms with Crippen LogP contribution >= 0.6 is 0 Å². The van der Waals surface area contributed by atoms with Crippen molar-refractivity contribution >= 4 is 0 Å². The maximum atomic E-state index is 5.22. The predicted molar refractivity (Wildman–Crippen MR) is 64.3 cm³/mol. The zero-order valence-electron chi connectivity index (χ0n) is 10.8. The van der Waals surface area contributed by atoms with Crippen LogP contribution in [0.5, 0.6) is 0 Å². The molecule has 1 unspecified atom stereocenters. The second kappa shape index (κ2) is 6.63. The molecule has 0 fully saturated rings. The molecule has 1 atom stereocenters. The Morgan fingerprint density at radius 2 is 2.00 bits per heavy atom. The van der Waals surface area contributed by atoms with E-state index in [0.29, 0.717) is 12.0 Å². The van der Waals surface area contributed by atoms with E-state index in [2.05, 4.69) is 43.2 Å². The Balaban J connectivity index is 2.39. The van der Waals surface area contributed by atoms with Crippen LogP contribution in [0.3, 0.4) is 0 Å². The molecule has 0 saturated carbocycles. The second-order valence-corrected chi connectivity index (χ2v) is 4.76. The van der Waals surface area contributed by atoms with Crippen LogP contribution in [0.4, 0.5) is 0 Å². The van der Waals surface area contributed by atoms with E-state index in [9.17, 15) is 0 Å². The van der Waals surface area contributed by atoms with Crippen LogP contribution in [0.2, 0.25) is 0 Å². The Hall–Kier alpha value is -0.900. The fourth-order valence-corrected chi connectivity index (χ4v) is 1.55. The molecule has 16 heavy (non-hydrogen) atoms. The maximum absolute atomic E-state index is 5.22. The van der Waals surface area contributed by atoms with Crippen molar-refractivity contribution in [1.29, 1.82) is 0 Å². The Morgan fingerprint density at radius 3 is 2.62 bits per heavy atom. The normalized spacial score (nSPS) is 13.3. The molecule has 0 radical (unpaired) electrons. The minimum Gasteiger partial charge on any atom is -0.339 e. The van der Waals surface area contributed by atoms with Gasteiger partial charge in [-0.1, -0.05) is 25.9 Å². The topological polar surface area (TPSA) is 51.0 Å². The number of rotatable bonds is 7. The van der Waals surface area contributed by atoms with Gasteiger partial charge in [-0.15, -0.1) is 0 Å². The van der Waals surface area contributed by atoms with Crippen LogP contribution in [0.1, 0.15) is 45.8 Å². The fourth-order valence-electron chi connectivity index (χ4n) is 1.55. The second-order valence-electron chi connectivity index (χ2n) is 4.76. The molecule has 1 heterocycles.